The van der Waals surface area contributed by atoms with Crippen LogP contribution in [0.5, 0.6) is 0 Å². The van der Waals surface area contributed by atoms with Crippen LogP contribution >= 0.6 is 15.9 Å². The molecule has 0 aliphatic heterocycles. The molecule has 0 bridgehead atoms. The van der Waals surface area contributed by atoms with E-state index in [1.807, 2.05) is 6.92 Å². The fraction of sp³-hybridized carbons (Fsp3) is 0.200. The van der Waals surface area contributed by atoms with Gasteiger partial charge in [0.25, 0.3) is 5.69 Å². The molecular formula is C15H14BrFN2O2. The third-order valence-electron chi connectivity index (χ3n) is 3.21. The minimum atomic E-state index is -0.397. The van der Waals surface area contributed by atoms with Crippen LogP contribution in [0, 0.1) is 15.9 Å². The molecule has 0 heterocycles. The van der Waals surface area contributed by atoms with Crippen LogP contribution in [0.3, 0.4) is 0 Å². The molecule has 1 unspecified atom stereocenters. The standard InChI is InChI=1S/C15H14BrFN2O2/c1-10(11-2-5-14(17)6-3-11)18-9-12-8-13(16)4-7-15(12)19(20)21/h2-8,10,18H,9H2,1H3. The first-order chi connectivity index (χ1) is 9.97. The zero-order chi connectivity index (χ0) is 15.4. The minimum absolute atomic E-state index is 0.0378. The van der Waals surface area contributed by atoms with Gasteiger partial charge in [0.2, 0.25) is 0 Å². The molecule has 0 aromatic heterocycles. The molecule has 0 saturated carbocycles. The summed E-state index contributed by atoms with van der Waals surface area (Å²) in [4.78, 5) is 10.6. The van der Waals surface area contributed by atoms with E-state index in [1.165, 1.54) is 18.2 Å². The van der Waals surface area contributed by atoms with Crippen molar-refractivity contribution in [2.24, 2.45) is 0 Å². The lowest BCUT2D eigenvalue weighted by Gasteiger charge is -2.14. The quantitative estimate of drug-likeness (QED) is 0.642. The lowest BCUT2D eigenvalue weighted by atomic mass is 10.1. The summed E-state index contributed by atoms with van der Waals surface area (Å²) < 4.78 is 13.7. The molecule has 0 aliphatic rings. The molecule has 0 radical (unpaired) electrons. The van der Waals surface area contributed by atoms with Gasteiger partial charge in [0.15, 0.2) is 0 Å². The Morgan fingerprint density at radius 3 is 2.57 bits per heavy atom. The minimum Gasteiger partial charge on any atom is -0.306 e. The molecule has 0 aliphatic carbocycles. The summed E-state index contributed by atoms with van der Waals surface area (Å²) in [6, 6.07) is 11.0. The van der Waals surface area contributed by atoms with Gasteiger partial charge < -0.3 is 5.32 Å². The van der Waals surface area contributed by atoms with Gasteiger partial charge in [-0.25, -0.2) is 4.39 Å². The largest absolute Gasteiger partial charge is 0.306 e. The highest BCUT2D eigenvalue weighted by Crippen LogP contribution is 2.24. The molecule has 2 rings (SSSR count). The Bertz CT molecular complexity index is 647. The Balaban J connectivity index is 2.10. The van der Waals surface area contributed by atoms with E-state index in [4.69, 9.17) is 0 Å². The van der Waals surface area contributed by atoms with Gasteiger partial charge in [-0.15, -0.1) is 0 Å². The summed E-state index contributed by atoms with van der Waals surface area (Å²) in [6.07, 6.45) is 0. The molecule has 21 heavy (non-hydrogen) atoms. The second-order valence-corrected chi connectivity index (χ2v) is 5.60. The second kappa shape index (κ2) is 6.78. The molecule has 0 fully saturated rings. The number of hydrogen-bond acceptors (Lipinski definition) is 3. The van der Waals surface area contributed by atoms with E-state index in [1.54, 1.807) is 24.3 Å². The van der Waals surface area contributed by atoms with Crippen LogP contribution in [0.25, 0.3) is 0 Å². The molecule has 0 amide bonds. The van der Waals surface area contributed by atoms with Crippen LogP contribution in [0.1, 0.15) is 24.1 Å². The Morgan fingerprint density at radius 1 is 1.29 bits per heavy atom. The number of nitro groups is 1. The van der Waals surface area contributed by atoms with Crippen LogP contribution in [-0.2, 0) is 6.54 Å². The maximum Gasteiger partial charge on any atom is 0.273 e. The Labute approximate surface area is 130 Å². The molecule has 1 atom stereocenters. The molecule has 110 valence electrons. The lowest BCUT2D eigenvalue weighted by molar-refractivity contribution is -0.385. The van der Waals surface area contributed by atoms with Crippen LogP contribution in [-0.4, -0.2) is 4.92 Å². The number of benzene rings is 2. The van der Waals surface area contributed by atoms with Gasteiger partial charge in [0, 0.05) is 28.7 Å². The normalized spacial score (nSPS) is 12.1. The number of halogens is 2. The first-order valence-electron chi connectivity index (χ1n) is 6.39. The van der Waals surface area contributed by atoms with Gasteiger partial charge in [-0.2, -0.15) is 0 Å². The lowest BCUT2D eigenvalue weighted by Crippen LogP contribution is -2.18. The predicted octanol–water partition coefficient (Wildman–Crippen LogP) is 4.35. The smallest absolute Gasteiger partial charge is 0.273 e. The van der Waals surface area contributed by atoms with Crippen LogP contribution in [0.2, 0.25) is 0 Å². The number of nitrogens with zero attached hydrogens (tertiary/aromatic N) is 1. The van der Waals surface area contributed by atoms with E-state index in [9.17, 15) is 14.5 Å². The van der Waals surface area contributed by atoms with E-state index < -0.39 is 4.92 Å². The summed E-state index contributed by atoms with van der Waals surface area (Å²) in [5.74, 6) is -0.284. The van der Waals surface area contributed by atoms with Gasteiger partial charge in [0.1, 0.15) is 5.82 Å². The first-order valence-corrected chi connectivity index (χ1v) is 7.18. The van der Waals surface area contributed by atoms with Crippen molar-refractivity contribution in [1.29, 1.82) is 0 Å². The zero-order valence-corrected chi connectivity index (χ0v) is 12.9. The predicted molar refractivity (Wildman–Crippen MR) is 82.5 cm³/mol. The van der Waals surface area contributed by atoms with Crippen molar-refractivity contribution in [3.63, 3.8) is 0 Å². The van der Waals surface area contributed by atoms with Crippen LogP contribution in [0.4, 0.5) is 10.1 Å². The molecule has 2 aromatic carbocycles. The third kappa shape index (κ3) is 4.09. The molecule has 0 saturated heterocycles. The van der Waals surface area contributed by atoms with Crippen molar-refractivity contribution in [1.82, 2.24) is 5.32 Å². The van der Waals surface area contributed by atoms with Crippen LogP contribution < -0.4 is 5.32 Å². The molecule has 2 aromatic rings. The molecule has 6 heteroatoms. The monoisotopic (exact) mass is 352 g/mol. The number of nitro benzene ring substituents is 1. The van der Waals surface area contributed by atoms with Crippen molar-refractivity contribution >= 4 is 21.6 Å². The number of hydrogen-bond donors (Lipinski definition) is 1. The Morgan fingerprint density at radius 2 is 1.95 bits per heavy atom. The van der Waals surface area contributed by atoms with Crippen molar-refractivity contribution < 1.29 is 9.31 Å². The Hall–Kier alpha value is -1.79. The second-order valence-electron chi connectivity index (χ2n) is 4.68. The number of rotatable bonds is 5. The van der Waals surface area contributed by atoms with Gasteiger partial charge in [0.05, 0.1) is 4.92 Å². The maximum atomic E-state index is 12.9. The summed E-state index contributed by atoms with van der Waals surface area (Å²) in [5, 5.41) is 14.2. The van der Waals surface area contributed by atoms with Crippen molar-refractivity contribution in [3.8, 4) is 0 Å². The summed E-state index contributed by atoms with van der Waals surface area (Å²) in [5.41, 5.74) is 1.61. The molecule has 1 N–H and O–H groups in total. The Kier molecular flexibility index (Phi) is 5.03. The van der Waals surface area contributed by atoms with E-state index in [2.05, 4.69) is 21.2 Å². The summed E-state index contributed by atoms with van der Waals surface area (Å²) in [7, 11) is 0. The average Bonchev–Trinajstić information content (AvgIpc) is 2.45. The third-order valence-corrected chi connectivity index (χ3v) is 3.70. The zero-order valence-electron chi connectivity index (χ0n) is 11.3. The fourth-order valence-electron chi connectivity index (χ4n) is 2.01. The van der Waals surface area contributed by atoms with Gasteiger partial charge >= 0.3 is 0 Å². The van der Waals surface area contributed by atoms with Crippen molar-refractivity contribution in [3.05, 3.63) is 74.0 Å². The summed E-state index contributed by atoms with van der Waals surface area (Å²) >= 11 is 3.31. The van der Waals surface area contributed by atoms with Gasteiger partial charge in [-0.1, -0.05) is 28.1 Å². The van der Waals surface area contributed by atoms with E-state index in [0.717, 1.165) is 10.0 Å². The first kappa shape index (κ1) is 15.6. The van der Waals surface area contributed by atoms with Gasteiger partial charge in [-0.05, 0) is 36.8 Å². The molecular weight excluding hydrogens is 339 g/mol. The highest BCUT2D eigenvalue weighted by Gasteiger charge is 2.14. The fourth-order valence-corrected chi connectivity index (χ4v) is 2.41. The highest BCUT2D eigenvalue weighted by molar-refractivity contribution is 9.10. The van der Waals surface area contributed by atoms with E-state index in [-0.39, 0.29) is 17.5 Å². The highest BCUT2D eigenvalue weighted by atomic mass is 79.9. The van der Waals surface area contributed by atoms with E-state index in [0.29, 0.717) is 12.1 Å². The summed E-state index contributed by atoms with van der Waals surface area (Å²) in [6.45, 7) is 2.28. The topological polar surface area (TPSA) is 55.2 Å². The number of nitrogens with one attached hydrogen (secondary N) is 1. The SMILES string of the molecule is CC(NCc1cc(Br)ccc1[N+](=O)[O-])c1ccc(F)cc1. The maximum absolute atomic E-state index is 12.9. The molecule has 0 spiro atoms. The average molecular weight is 353 g/mol. The van der Waals surface area contributed by atoms with Crippen LogP contribution in [0.15, 0.2) is 46.9 Å². The van der Waals surface area contributed by atoms with Crippen molar-refractivity contribution in [2.75, 3.05) is 0 Å². The molecule has 4 nitrogen and oxygen atoms in total. The van der Waals surface area contributed by atoms with Crippen molar-refractivity contribution in [2.45, 2.75) is 19.5 Å². The van der Waals surface area contributed by atoms with E-state index >= 15 is 0 Å². The van der Waals surface area contributed by atoms with Gasteiger partial charge in [-0.3, -0.25) is 10.1 Å².